The second-order valence-corrected chi connectivity index (χ2v) is 9.01. The normalized spacial score (nSPS) is 14.9. The molecule has 170 valence electrons. The molecule has 4 rings (SSSR count). The van der Waals surface area contributed by atoms with Gasteiger partial charge in [-0.3, -0.25) is 0 Å². The van der Waals surface area contributed by atoms with Crippen molar-refractivity contribution in [3.8, 4) is 11.3 Å². The largest absolute Gasteiger partial charge is 0.338 e. The van der Waals surface area contributed by atoms with Gasteiger partial charge in [-0.15, -0.1) is 0 Å². The van der Waals surface area contributed by atoms with Gasteiger partial charge >= 0.3 is 6.03 Å². The molecule has 0 saturated carbocycles. The number of urea groups is 1. The number of imidazole rings is 1. The molecular weight excluding hydrogens is 396 g/mol. The van der Waals surface area contributed by atoms with Crippen LogP contribution in [0.5, 0.6) is 0 Å². The minimum atomic E-state index is -0.164. The maximum absolute atomic E-state index is 12.8. The number of carbonyl (C=O) groups is 1. The number of aromatic nitrogens is 2. The fraction of sp³-hybridized carbons (Fsp3) is 0.407. The van der Waals surface area contributed by atoms with Crippen molar-refractivity contribution >= 4 is 6.03 Å². The molecule has 3 aromatic rings. The Bertz CT molecular complexity index is 990. The zero-order valence-corrected chi connectivity index (χ0v) is 20.0. The van der Waals surface area contributed by atoms with Crippen LogP contribution in [0.4, 0.5) is 4.79 Å². The molecule has 1 N–H and O–H groups in total. The first-order chi connectivity index (χ1) is 15.4. The third-order valence-corrected chi connectivity index (χ3v) is 5.56. The molecule has 2 aromatic carbocycles. The average Bonchev–Trinajstić information content (AvgIpc) is 3.20. The third-order valence-electron chi connectivity index (χ3n) is 5.56. The molecule has 5 nitrogen and oxygen atoms in total. The van der Waals surface area contributed by atoms with Crippen LogP contribution in [0.25, 0.3) is 11.3 Å². The Balaban J connectivity index is 0.00000141. The molecule has 0 radical (unpaired) electrons. The van der Waals surface area contributed by atoms with Crippen LogP contribution in [-0.4, -0.2) is 33.6 Å². The van der Waals surface area contributed by atoms with E-state index in [4.69, 9.17) is 4.98 Å². The van der Waals surface area contributed by atoms with Gasteiger partial charge in [0, 0.05) is 31.4 Å². The molecule has 0 aliphatic carbocycles. The molecule has 1 saturated heterocycles. The van der Waals surface area contributed by atoms with Crippen molar-refractivity contribution in [2.75, 3.05) is 13.1 Å². The lowest BCUT2D eigenvalue weighted by molar-refractivity contribution is 0.0981. The molecule has 0 bridgehead atoms. The van der Waals surface area contributed by atoms with Crippen LogP contribution < -0.4 is 5.32 Å². The summed E-state index contributed by atoms with van der Waals surface area (Å²) in [6, 6.07) is 20.5. The first-order valence-electron chi connectivity index (χ1n) is 11.6. The molecule has 2 heterocycles. The van der Waals surface area contributed by atoms with Gasteiger partial charge in [0.1, 0.15) is 5.82 Å². The molecular formula is C27H36N4O. The maximum atomic E-state index is 12.8. The molecule has 1 aliphatic heterocycles. The number of nitrogens with one attached hydrogen (secondary N) is 1. The average molecular weight is 433 g/mol. The lowest BCUT2D eigenvalue weighted by Gasteiger charge is -2.41. The van der Waals surface area contributed by atoms with Gasteiger partial charge in [-0.05, 0) is 17.4 Å². The molecule has 1 fully saturated rings. The fourth-order valence-electron chi connectivity index (χ4n) is 4.19. The summed E-state index contributed by atoms with van der Waals surface area (Å²) in [6.45, 7) is 12.8. The van der Waals surface area contributed by atoms with Gasteiger partial charge < -0.3 is 14.8 Å². The van der Waals surface area contributed by atoms with E-state index in [-0.39, 0.29) is 17.5 Å². The smallest absolute Gasteiger partial charge is 0.318 e. The van der Waals surface area contributed by atoms with Gasteiger partial charge in [0.25, 0.3) is 0 Å². The number of rotatable bonds is 5. The van der Waals surface area contributed by atoms with Crippen LogP contribution in [-0.2, 0) is 6.54 Å². The van der Waals surface area contributed by atoms with Gasteiger partial charge in [-0.1, -0.05) is 95.3 Å². The van der Waals surface area contributed by atoms with Crippen molar-refractivity contribution in [3.63, 3.8) is 0 Å². The Morgan fingerprint density at radius 3 is 2.22 bits per heavy atom. The molecule has 0 spiro atoms. The van der Waals surface area contributed by atoms with Crippen LogP contribution in [0.2, 0.25) is 0 Å². The van der Waals surface area contributed by atoms with Crippen molar-refractivity contribution < 1.29 is 4.79 Å². The van der Waals surface area contributed by atoms with E-state index in [1.165, 1.54) is 5.56 Å². The van der Waals surface area contributed by atoms with E-state index in [0.29, 0.717) is 0 Å². The van der Waals surface area contributed by atoms with E-state index in [2.05, 4.69) is 73.3 Å². The van der Waals surface area contributed by atoms with Crippen molar-refractivity contribution in [2.45, 2.75) is 53.6 Å². The predicted octanol–water partition coefficient (Wildman–Crippen LogP) is 6.13. The molecule has 1 aromatic heterocycles. The van der Waals surface area contributed by atoms with Crippen molar-refractivity contribution in [2.24, 2.45) is 5.41 Å². The van der Waals surface area contributed by atoms with Crippen molar-refractivity contribution in [1.82, 2.24) is 19.8 Å². The third kappa shape index (κ3) is 5.39. The molecule has 1 atom stereocenters. The zero-order chi connectivity index (χ0) is 23.1. The van der Waals surface area contributed by atoms with Crippen LogP contribution in [0.3, 0.4) is 0 Å². The highest BCUT2D eigenvalue weighted by Gasteiger charge is 2.39. The minimum Gasteiger partial charge on any atom is -0.338 e. The number of amides is 2. The van der Waals surface area contributed by atoms with Gasteiger partial charge in [-0.25, -0.2) is 9.78 Å². The number of hydrogen-bond acceptors (Lipinski definition) is 2. The second-order valence-electron chi connectivity index (χ2n) is 9.01. The summed E-state index contributed by atoms with van der Waals surface area (Å²) < 4.78 is 2.22. The Kier molecular flexibility index (Phi) is 7.73. The molecule has 1 unspecified atom stereocenters. The monoisotopic (exact) mass is 432 g/mol. The van der Waals surface area contributed by atoms with Crippen LogP contribution in [0, 0.1) is 5.41 Å². The Morgan fingerprint density at radius 1 is 1.00 bits per heavy atom. The van der Waals surface area contributed by atoms with Crippen molar-refractivity contribution in [1.29, 1.82) is 0 Å². The molecule has 5 heteroatoms. The summed E-state index contributed by atoms with van der Waals surface area (Å²) in [4.78, 5) is 19.8. The van der Waals surface area contributed by atoms with E-state index in [1.807, 2.05) is 43.0 Å². The summed E-state index contributed by atoms with van der Waals surface area (Å²) in [6.07, 6.45) is 3.07. The Hall–Kier alpha value is -3.08. The SMILES string of the molecule is CC.CC(C)(C)C(c1nc(-c2ccccc2)cn1Cc1ccccc1)N1CCCNC1=O. The first kappa shape index (κ1) is 23.6. The second kappa shape index (κ2) is 10.5. The quantitative estimate of drug-likeness (QED) is 0.527. The number of nitrogens with zero attached hydrogens (tertiary/aromatic N) is 3. The predicted molar refractivity (Wildman–Crippen MR) is 131 cm³/mol. The minimum absolute atomic E-state index is 0.00306. The maximum Gasteiger partial charge on any atom is 0.318 e. The lowest BCUT2D eigenvalue weighted by Crippen LogP contribution is -2.51. The highest BCUT2D eigenvalue weighted by Crippen LogP contribution is 2.39. The molecule has 2 amide bonds. The van der Waals surface area contributed by atoms with E-state index < -0.39 is 0 Å². The number of carbonyl (C=O) groups excluding carboxylic acids is 1. The standard InChI is InChI=1S/C25H30N4O.C2H6/c1-25(2,3)22(29-16-10-15-26-24(29)30)23-27-21(20-13-8-5-9-14-20)18-28(23)17-19-11-6-4-7-12-19;1-2/h4-9,11-14,18,22H,10,15-17H2,1-3H3,(H,26,30);1-2H3. The summed E-state index contributed by atoms with van der Waals surface area (Å²) in [5.74, 6) is 0.933. The molecule has 1 aliphatic rings. The van der Waals surface area contributed by atoms with Crippen LogP contribution in [0.1, 0.15) is 58.5 Å². The van der Waals surface area contributed by atoms with Crippen LogP contribution >= 0.6 is 0 Å². The van der Waals surface area contributed by atoms with Crippen LogP contribution in [0.15, 0.2) is 66.9 Å². The summed E-state index contributed by atoms with van der Waals surface area (Å²) in [5, 5.41) is 3.01. The number of hydrogen-bond donors (Lipinski definition) is 1. The van der Waals surface area contributed by atoms with Gasteiger partial charge in [-0.2, -0.15) is 0 Å². The van der Waals surface area contributed by atoms with E-state index in [0.717, 1.165) is 43.1 Å². The summed E-state index contributed by atoms with van der Waals surface area (Å²) >= 11 is 0. The van der Waals surface area contributed by atoms with E-state index in [1.54, 1.807) is 0 Å². The Morgan fingerprint density at radius 2 is 1.62 bits per heavy atom. The lowest BCUT2D eigenvalue weighted by atomic mass is 9.84. The topological polar surface area (TPSA) is 50.2 Å². The van der Waals surface area contributed by atoms with E-state index >= 15 is 0 Å². The van der Waals surface area contributed by atoms with Gasteiger partial charge in [0.15, 0.2) is 0 Å². The van der Waals surface area contributed by atoms with E-state index in [9.17, 15) is 4.79 Å². The van der Waals surface area contributed by atoms with Gasteiger partial charge in [0.2, 0.25) is 0 Å². The summed E-state index contributed by atoms with van der Waals surface area (Å²) in [7, 11) is 0. The fourth-order valence-corrected chi connectivity index (χ4v) is 4.19. The highest BCUT2D eigenvalue weighted by atomic mass is 16.2. The van der Waals surface area contributed by atoms with Crippen molar-refractivity contribution in [3.05, 3.63) is 78.2 Å². The summed E-state index contributed by atoms with van der Waals surface area (Å²) in [5.41, 5.74) is 3.07. The number of benzene rings is 2. The molecule has 32 heavy (non-hydrogen) atoms. The highest BCUT2D eigenvalue weighted by molar-refractivity contribution is 5.75. The Labute approximate surface area is 192 Å². The van der Waals surface area contributed by atoms with Gasteiger partial charge in [0.05, 0.1) is 11.7 Å². The zero-order valence-electron chi connectivity index (χ0n) is 20.0. The first-order valence-corrected chi connectivity index (χ1v) is 11.6.